The van der Waals surface area contributed by atoms with E-state index in [-0.39, 0.29) is 10.6 Å². The highest BCUT2D eigenvalue weighted by Crippen LogP contribution is 2.19. The summed E-state index contributed by atoms with van der Waals surface area (Å²) in [7, 11) is -3.80. The fourth-order valence-electron chi connectivity index (χ4n) is 2.73. The number of rotatable bonds is 9. The van der Waals surface area contributed by atoms with Crippen molar-refractivity contribution in [1.29, 1.82) is 0 Å². The van der Waals surface area contributed by atoms with Crippen LogP contribution in [0.1, 0.15) is 12.5 Å². The number of carbonyl (C=O) groups excluding carboxylic acids is 1. The normalized spacial score (nSPS) is 12.3. The molecule has 1 amide bonds. The zero-order chi connectivity index (χ0) is 20.7. The number of hydrogen-bond acceptors (Lipinski definition) is 5. The van der Waals surface area contributed by atoms with E-state index in [2.05, 4.69) is 10.0 Å². The second-order valence-corrected chi connectivity index (χ2v) is 9.13. The Hall–Kier alpha value is -2.68. The summed E-state index contributed by atoms with van der Waals surface area (Å²) in [6.45, 7) is 2.44. The van der Waals surface area contributed by atoms with E-state index in [1.165, 1.54) is 6.07 Å². The van der Waals surface area contributed by atoms with Crippen molar-refractivity contribution in [2.75, 3.05) is 11.9 Å². The minimum Gasteiger partial charge on any atom is -0.494 e. The molecule has 3 aromatic rings. The van der Waals surface area contributed by atoms with E-state index in [9.17, 15) is 13.2 Å². The lowest BCUT2D eigenvalue weighted by Gasteiger charge is -2.18. The van der Waals surface area contributed by atoms with Gasteiger partial charge in [-0.25, -0.2) is 8.42 Å². The molecule has 0 bridgehead atoms. The first-order valence-electron chi connectivity index (χ1n) is 9.11. The molecule has 3 rings (SSSR count). The molecule has 2 N–H and O–H groups in total. The molecule has 0 unspecified atom stereocenters. The van der Waals surface area contributed by atoms with Gasteiger partial charge in [0.25, 0.3) is 10.0 Å². The maximum Gasteiger partial charge on any atom is 0.250 e. The predicted octanol–water partition coefficient (Wildman–Crippen LogP) is 3.68. The van der Waals surface area contributed by atoms with Crippen molar-refractivity contribution in [3.8, 4) is 5.75 Å². The van der Waals surface area contributed by atoms with Crippen molar-refractivity contribution < 1.29 is 17.9 Å². The highest BCUT2D eigenvalue weighted by Gasteiger charge is 2.26. The van der Waals surface area contributed by atoms with Gasteiger partial charge in [-0.05, 0) is 54.6 Å². The third-order valence-electron chi connectivity index (χ3n) is 4.09. The van der Waals surface area contributed by atoms with Gasteiger partial charge in [0.15, 0.2) is 0 Å². The number of amides is 1. The Labute approximate surface area is 174 Å². The largest absolute Gasteiger partial charge is 0.494 e. The van der Waals surface area contributed by atoms with Gasteiger partial charge in [-0.15, -0.1) is 11.3 Å². The number of sulfonamides is 1. The molecule has 0 aliphatic carbocycles. The molecule has 0 spiro atoms. The van der Waals surface area contributed by atoms with Crippen LogP contribution in [0.3, 0.4) is 0 Å². The average molecular weight is 431 g/mol. The van der Waals surface area contributed by atoms with Crippen LogP contribution in [0.5, 0.6) is 5.75 Å². The molecule has 152 valence electrons. The van der Waals surface area contributed by atoms with E-state index >= 15 is 0 Å². The Balaban J connectivity index is 1.78. The number of carbonyl (C=O) groups is 1. The number of hydrogen-bond donors (Lipinski definition) is 2. The van der Waals surface area contributed by atoms with Crippen molar-refractivity contribution in [1.82, 2.24) is 4.72 Å². The maximum absolute atomic E-state index is 12.9. The molecule has 1 atom stereocenters. The number of nitrogens with one attached hydrogen (secondary N) is 2. The van der Waals surface area contributed by atoms with Crippen molar-refractivity contribution in [3.05, 3.63) is 77.7 Å². The monoisotopic (exact) mass is 430 g/mol. The maximum atomic E-state index is 12.9. The van der Waals surface area contributed by atoms with E-state index in [1.54, 1.807) is 35.7 Å². The zero-order valence-electron chi connectivity index (χ0n) is 15.9. The minimum atomic E-state index is -3.80. The molecule has 2 aromatic carbocycles. The Morgan fingerprint density at radius 2 is 1.76 bits per heavy atom. The highest BCUT2D eigenvalue weighted by molar-refractivity contribution is 7.91. The summed E-state index contributed by atoms with van der Waals surface area (Å²) in [5.41, 5.74) is 1.42. The van der Waals surface area contributed by atoms with E-state index in [0.717, 1.165) is 16.9 Å². The molecular weight excluding hydrogens is 408 g/mol. The van der Waals surface area contributed by atoms with Gasteiger partial charge < -0.3 is 10.1 Å². The molecule has 0 saturated carbocycles. The van der Waals surface area contributed by atoms with Crippen LogP contribution in [0, 0.1) is 0 Å². The quantitative estimate of drug-likeness (QED) is 0.542. The molecule has 0 radical (unpaired) electrons. The van der Waals surface area contributed by atoms with Crippen LogP contribution in [0.4, 0.5) is 5.69 Å². The van der Waals surface area contributed by atoms with Crippen molar-refractivity contribution >= 4 is 33.0 Å². The molecule has 8 heteroatoms. The van der Waals surface area contributed by atoms with Gasteiger partial charge in [0, 0.05) is 5.69 Å². The summed E-state index contributed by atoms with van der Waals surface area (Å²) >= 11 is 1.10. The van der Waals surface area contributed by atoms with Gasteiger partial charge in [0.05, 0.1) is 6.61 Å². The molecular formula is C21H22N2O4S2. The summed E-state index contributed by atoms with van der Waals surface area (Å²) in [4.78, 5) is 12.9. The molecule has 0 saturated heterocycles. The standard InChI is InChI=1S/C21H22N2O4S2/c1-2-27-18-12-10-17(11-13-18)22-21(24)19(15-16-7-4-3-5-8-16)23-29(25,26)20-9-6-14-28-20/h3-14,19,23H,2,15H2,1H3,(H,22,24)/t19-/m0/s1. The van der Waals surface area contributed by atoms with Gasteiger partial charge in [0.1, 0.15) is 16.0 Å². The number of anilines is 1. The average Bonchev–Trinajstić information content (AvgIpc) is 3.26. The summed E-state index contributed by atoms with van der Waals surface area (Å²) in [5.74, 6) is 0.267. The lowest BCUT2D eigenvalue weighted by Crippen LogP contribution is -2.45. The fourth-order valence-corrected chi connectivity index (χ4v) is 4.93. The fraction of sp³-hybridized carbons (Fsp3) is 0.190. The van der Waals surface area contributed by atoms with Gasteiger partial charge in [-0.1, -0.05) is 36.4 Å². The van der Waals surface area contributed by atoms with E-state index in [4.69, 9.17) is 4.74 Å². The Kier molecular flexibility index (Phi) is 7.03. The first-order chi connectivity index (χ1) is 14.0. The van der Waals surface area contributed by atoms with Gasteiger partial charge in [-0.2, -0.15) is 4.72 Å². The number of thiophene rings is 1. The first-order valence-corrected chi connectivity index (χ1v) is 11.5. The lowest BCUT2D eigenvalue weighted by molar-refractivity contribution is -0.117. The summed E-state index contributed by atoms with van der Waals surface area (Å²) in [6.07, 6.45) is 0.230. The molecule has 0 aliphatic heterocycles. The van der Waals surface area contributed by atoms with Crippen LogP contribution in [0.15, 0.2) is 76.3 Å². The predicted molar refractivity (Wildman–Crippen MR) is 115 cm³/mol. The SMILES string of the molecule is CCOc1ccc(NC(=O)[C@H](Cc2ccccc2)NS(=O)(=O)c2cccs2)cc1. The number of ether oxygens (including phenoxy) is 1. The first kappa shape index (κ1) is 21.0. The summed E-state index contributed by atoms with van der Waals surface area (Å²) in [5, 5.41) is 4.46. The third kappa shape index (κ3) is 5.90. The van der Waals surface area contributed by atoms with E-state index in [1.807, 2.05) is 37.3 Å². The van der Waals surface area contributed by atoms with Crippen LogP contribution in [0.25, 0.3) is 0 Å². The van der Waals surface area contributed by atoms with Gasteiger partial charge in [-0.3, -0.25) is 4.79 Å². The third-order valence-corrected chi connectivity index (χ3v) is 6.96. The van der Waals surface area contributed by atoms with Crippen molar-refractivity contribution in [2.24, 2.45) is 0 Å². The second-order valence-electron chi connectivity index (χ2n) is 6.24. The zero-order valence-corrected chi connectivity index (χ0v) is 17.5. The summed E-state index contributed by atoms with van der Waals surface area (Å²) in [6, 6.07) is 18.4. The van der Waals surface area contributed by atoms with E-state index < -0.39 is 22.0 Å². The Morgan fingerprint density at radius 1 is 1.03 bits per heavy atom. The lowest BCUT2D eigenvalue weighted by atomic mass is 10.1. The minimum absolute atomic E-state index is 0.171. The topological polar surface area (TPSA) is 84.5 Å². The van der Waals surface area contributed by atoms with Crippen LogP contribution in [0.2, 0.25) is 0 Å². The van der Waals surface area contributed by atoms with E-state index in [0.29, 0.717) is 18.0 Å². The van der Waals surface area contributed by atoms with Gasteiger partial charge in [0.2, 0.25) is 5.91 Å². The van der Waals surface area contributed by atoms with Crippen LogP contribution in [-0.2, 0) is 21.2 Å². The smallest absolute Gasteiger partial charge is 0.250 e. The van der Waals surface area contributed by atoms with Crippen molar-refractivity contribution in [2.45, 2.75) is 23.6 Å². The summed E-state index contributed by atoms with van der Waals surface area (Å²) < 4.78 is 33.4. The van der Waals surface area contributed by atoms with Gasteiger partial charge >= 0.3 is 0 Å². The van der Waals surface area contributed by atoms with Crippen molar-refractivity contribution in [3.63, 3.8) is 0 Å². The van der Waals surface area contributed by atoms with Crippen LogP contribution in [-0.4, -0.2) is 27.0 Å². The molecule has 1 aromatic heterocycles. The Morgan fingerprint density at radius 3 is 2.38 bits per heavy atom. The Bertz CT molecular complexity index is 1020. The second kappa shape index (κ2) is 9.69. The highest BCUT2D eigenvalue weighted by atomic mass is 32.2. The molecule has 0 aliphatic rings. The van der Waals surface area contributed by atoms with Crippen LogP contribution >= 0.6 is 11.3 Å². The van der Waals surface area contributed by atoms with Crippen LogP contribution < -0.4 is 14.8 Å². The molecule has 1 heterocycles. The molecule has 6 nitrogen and oxygen atoms in total. The number of benzene rings is 2. The molecule has 0 fully saturated rings. The molecule has 29 heavy (non-hydrogen) atoms.